The van der Waals surface area contributed by atoms with Gasteiger partial charge in [0.2, 0.25) is 0 Å². The summed E-state index contributed by atoms with van der Waals surface area (Å²) in [6, 6.07) is 7.79. The molecule has 0 spiro atoms. The van der Waals surface area contributed by atoms with Crippen molar-refractivity contribution in [2.75, 3.05) is 5.32 Å². The molecule has 1 N–H and O–H groups in total. The number of nitrogens with one attached hydrogen (secondary N) is 1. The molecule has 0 aliphatic heterocycles. The van der Waals surface area contributed by atoms with Gasteiger partial charge in [-0.15, -0.1) is 0 Å². The number of benzene rings is 1. The van der Waals surface area contributed by atoms with Crippen molar-refractivity contribution in [3.8, 4) is 0 Å². The zero-order chi connectivity index (χ0) is 12.6. The molecule has 0 saturated heterocycles. The molecule has 0 saturated carbocycles. The number of para-hydroxylation sites is 1. The van der Waals surface area contributed by atoms with E-state index in [9.17, 15) is 4.79 Å². The monoisotopic (exact) mass is 219 g/mol. The molecule has 0 fully saturated rings. The third kappa shape index (κ3) is 4.30. The number of amides is 1. The maximum atomic E-state index is 11.4. The van der Waals surface area contributed by atoms with Crippen LogP contribution in [0.2, 0.25) is 0 Å². The van der Waals surface area contributed by atoms with Crippen LogP contribution in [0.4, 0.5) is 5.69 Å². The molecule has 1 rings (SSSR count). The van der Waals surface area contributed by atoms with Gasteiger partial charge in [0.05, 0.1) is 0 Å². The van der Waals surface area contributed by atoms with Crippen molar-refractivity contribution in [1.29, 1.82) is 0 Å². The summed E-state index contributed by atoms with van der Waals surface area (Å²) >= 11 is 0. The zero-order valence-electron chi connectivity index (χ0n) is 10.6. The molecule has 0 radical (unpaired) electrons. The molecule has 0 bridgehead atoms. The molecule has 0 heterocycles. The van der Waals surface area contributed by atoms with Crippen LogP contribution >= 0.6 is 0 Å². The Morgan fingerprint density at radius 3 is 2.38 bits per heavy atom. The van der Waals surface area contributed by atoms with Crippen molar-refractivity contribution < 1.29 is 4.79 Å². The number of hydrogen-bond acceptors (Lipinski definition) is 1. The fourth-order valence-corrected chi connectivity index (χ4v) is 1.18. The van der Waals surface area contributed by atoms with E-state index in [1.165, 1.54) is 0 Å². The van der Waals surface area contributed by atoms with Crippen molar-refractivity contribution >= 4 is 11.6 Å². The van der Waals surface area contributed by atoms with E-state index in [2.05, 4.69) is 18.8 Å². The molecule has 88 valence electrons. The predicted octanol–water partition coefficient (Wildman–Crippen LogP) is 3.79. The SMILES string of the molecule is C=C(C)C(=O)Nc1ccccc1CC.CC. The number of rotatable bonds is 3. The van der Waals surface area contributed by atoms with Crippen LogP contribution in [-0.2, 0) is 11.2 Å². The Kier molecular flexibility index (Phi) is 6.93. The average Bonchev–Trinajstić information content (AvgIpc) is 2.32. The Morgan fingerprint density at radius 1 is 1.31 bits per heavy atom. The molecule has 1 aromatic rings. The van der Waals surface area contributed by atoms with Gasteiger partial charge >= 0.3 is 0 Å². The maximum absolute atomic E-state index is 11.4. The van der Waals surface area contributed by atoms with Crippen LogP contribution in [0.25, 0.3) is 0 Å². The van der Waals surface area contributed by atoms with E-state index < -0.39 is 0 Å². The van der Waals surface area contributed by atoms with Gasteiger partial charge in [0.25, 0.3) is 5.91 Å². The number of aryl methyl sites for hydroxylation is 1. The lowest BCUT2D eigenvalue weighted by atomic mass is 10.1. The van der Waals surface area contributed by atoms with Gasteiger partial charge in [0.1, 0.15) is 0 Å². The summed E-state index contributed by atoms with van der Waals surface area (Å²) in [5.41, 5.74) is 2.54. The number of carbonyl (C=O) groups excluding carboxylic acids is 1. The fourth-order valence-electron chi connectivity index (χ4n) is 1.18. The first-order chi connectivity index (χ1) is 7.65. The highest BCUT2D eigenvalue weighted by molar-refractivity contribution is 6.03. The van der Waals surface area contributed by atoms with Crippen LogP contribution in [0.1, 0.15) is 33.3 Å². The van der Waals surface area contributed by atoms with Crippen molar-refractivity contribution in [2.24, 2.45) is 0 Å². The van der Waals surface area contributed by atoms with E-state index in [1.54, 1.807) is 6.92 Å². The summed E-state index contributed by atoms with van der Waals surface area (Å²) in [5.74, 6) is -0.120. The van der Waals surface area contributed by atoms with E-state index in [-0.39, 0.29) is 5.91 Å². The van der Waals surface area contributed by atoms with Crippen LogP contribution in [-0.4, -0.2) is 5.91 Å². The summed E-state index contributed by atoms with van der Waals surface area (Å²) in [4.78, 5) is 11.4. The van der Waals surface area contributed by atoms with Crippen LogP contribution in [0.15, 0.2) is 36.4 Å². The molecule has 0 aromatic heterocycles. The van der Waals surface area contributed by atoms with E-state index >= 15 is 0 Å². The number of hydrogen-bond donors (Lipinski definition) is 1. The molecule has 0 aliphatic carbocycles. The second kappa shape index (κ2) is 7.69. The predicted molar refractivity (Wildman–Crippen MR) is 70.6 cm³/mol. The van der Waals surface area contributed by atoms with Crippen LogP contribution < -0.4 is 5.32 Å². The summed E-state index contributed by atoms with van der Waals surface area (Å²) < 4.78 is 0. The Morgan fingerprint density at radius 2 is 1.88 bits per heavy atom. The van der Waals surface area contributed by atoms with Crippen LogP contribution in [0.5, 0.6) is 0 Å². The van der Waals surface area contributed by atoms with Crippen molar-refractivity contribution in [3.63, 3.8) is 0 Å². The smallest absolute Gasteiger partial charge is 0.250 e. The molecule has 0 atom stereocenters. The van der Waals surface area contributed by atoms with Crippen molar-refractivity contribution in [2.45, 2.75) is 34.1 Å². The normalized spacial score (nSPS) is 8.75. The van der Waals surface area contributed by atoms with Crippen LogP contribution in [0, 0.1) is 0 Å². The average molecular weight is 219 g/mol. The minimum atomic E-state index is -0.120. The minimum Gasteiger partial charge on any atom is -0.322 e. The topological polar surface area (TPSA) is 29.1 Å². The molecule has 0 unspecified atom stereocenters. The summed E-state index contributed by atoms with van der Waals surface area (Å²) in [5, 5.41) is 2.82. The Balaban J connectivity index is 0.00000106. The van der Waals surface area contributed by atoms with Crippen molar-refractivity contribution in [1.82, 2.24) is 0 Å². The first-order valence-corrected chi connectivity index (χ1v) is 5.70. The van der Waals surface area contributed by atoms with Gasteiger partial charge in [-0.1, -0.05) is 45.5 Å². The third-order valence-corrected chi connectivity index (χ3v) is 2.03. The molecular formula is C14H21NO. The molecule has 0 aliphatic rings. The second-order valence-electron chi connectivity index (χ2n) is 3.25. The zero-order valence-corrected chi connectivity index (χ0v) is 10.6. The van der Waals surface area contributed by atoms with E-state index in [1.807, 2.05) is 38.1 Å². The first kappa shape index (κ1) is 14.4. The Hall–Kier alpha value is -1.57. The highest BCUT2D eigenvalue weighted by Crippen LogP contribution is 2.15. The molecule has 2 nitrogen and oxygen atoms in total. The number of carbonyl (C=O) groups is 1. The molecular weight excluding hydrogens is 198 g/mol. The van der Waals surface area contributed by atoms with Gasteiger partial charge in [-0.3, -0.25) is 4.79 Å². The largest absolute Gasteiger partial charge is 0.322 e. The Bertz CT molecular complexity index is 356. The summed E-state index contributed by atoms with van der Waals surface area (Å²) in [7, 11) is 0. The summed E-state index contributed by atoms with van der Waals surface area (Å²) in [6.45, 7) is 11.4. The summed E-state index contributed by atoms with van der Waals surface area (Å²) in [6.07, 6.45) is 0.909. The quantitative estimate of drug-likeness (QED) is 0.770. The van der Waals surface area contributed by atoms with Gasteiger partial charge in [0.15, 0.2) is 0 Å². The number of anilines is 1. The molecule has 1 aromatic carbocycles. The molecule has 16 heavy (non-hydrogen) atoms. The van der Waals surface area contributed by atoms with Crippen molar-refractivity contribution in [3.05, 3.63) is 42.0 Å². The third-order valence-electron chi connectivity index (χ3n) is 2.03. The van der Waals surface area contributed by atoms with E-state index in [0.29, 0.717) is 5.57 Å². The highest BCUT2D eigenvalue weighted by Gasteiger charge is 2.04. The highest BCUT2D eigenvalue weighted by atomic mass is 16.1. The molecule has 1 amide bonds. The standard InChI is InChI=1S/C12H15NO.C2H6/c1-4-10-7-5-6-8-11(10)13-12(14)9(2)3;1-2/h5-8H,2,4H2,1,3H3,(H,13,14);1-2H3. The van der Waals surface area contributed by atoms with Crippen LogP contribution in [0.3, 0.4) is 0 Å². The van der Waals surface area contributed by atoms with Gasteiger partial charge in [-0.2, -0.15) is 0 Å². The van der Waals surface area contributed by atoms with Gasteiger partial charge in [-0.25, -0.2) is 0 Å². The fraction of sp³-hybridized carbons (Fsp3) is 0.357. The maximum Gasteiger partial charge on any atom is 0.250 e. The lowest BCUT2D eigenvalue weighted by Gasteiger charge is -2.08. The lowest BCUT2D eigenvalue weighted by Crippen LogP contribution is -2.13. The van der Waals surface area contributed by atoms with Gasteiger partial charge in [-0.05, 0) is 25.0 Å². The van der Waals surface area contributed by atoms with E-state index in [0.717, 1.165) is 17.7 Å². The Labute approximate surface area is 98.4 Å². The van der Waals surface area contributed by atoms with Gasteiger partial charge in [0, 0.05) is 11.3 Å². The van der Waals surface area contributed by atoms with E-state index in [4.69, 9.17) is 0 Å². The van der Waals surface area contributed by atoms with Gasteiger partial charge < -0.3 is 5.32 Å². The molecule has 2 heteroatoms. The lowest BCUT2D eigenvalue weighted by molar-refractivity contribution is -0.112. The second-order valence-corrected chi connectivity index (χ2v) is 3.25. The first-order valence-electron chi connectivity index (χ1n) is 5.70. The minimum absolute atomic E-state index is 0.120.